The molecule has 0 aliphatic heterocycles. The number of nitrogens with zero attached hydrogens (tertiary/aromatic N) is 2. The zero-order valence-electron chi connectivity index (χ0n) is 10.5. The molecule has 2 aromatic carbocycles. The monoisotopic (exact) mass is 298 g/mol. The minimum Gasteiger partial charge on any atom is -0.227 e. The molecule has 0 fully saturated rings. The van der Waals surface area contributed by atoms with E-state index in [1.807, 2.05) is 66.2 Å². The van der Waals surface area contributed by atoms with Gasteiger partial charge >= 0.3 is 0 Å². The molecule has 98 valence electrons. The van der Waals surface area contributed by atoms with Crippen LogP contribution in [0.3, 0.4) is 0 Å². The molecular weight excluding hydrogens is 288 g/mol. The SMILES string of the molecule is Clc1ccc(-c2csc(N=Cc3ccccc3)n2)cc1. The number of hydrogen-bond donors (Lipinski definition) is 0. The van der Waals surface area contributed by atoms with Crippen molar-refractivity contribution in [1.29, 1.82) is 0 Å². The zero-order chi connectivity index (χ0) is 13.8. The zero-order valence-corrected chi connectivity index (χ0v) is 12.1. The maximum atomic E-state index is 5.88. The van der Waals surface area contributed by atoms with Crippen molar-refractivity contribution < 1.29 is 0 Å². The van der Waals surface area contributed by atoms with Gasteiger partial charge in [-0.15, -0.1) is 11.3 Å². The van der Waals surface area contributed by atoms with E-state index in [0.29, 0.717) is 0 Å². The van der Waals surface area contributed by atoms with Gasteiger partial charge in [-0.25, -0.2) is 9.98 Å². The molecule has 0 spiro atoms. The van der Waals surface area contributed by atoms with E-state index in [9.17, 15) is 0 Å². The number of aromatic nitrogens is 1. The summed E-state index contributed by atoms with van der Waals surface area (Å²) in [7, 11) is 0. The van der Waals surface area contributed by atoms with Gasteiger partial charge in [0, 0.05) is 22.2 Å². The lowest BCUT2D eigenvalue weighted by molar-refractivity contribution is 1.36. The first-order valence-electron chi connectivity index (χ1n) is 6.12. The molecule has 0 aliphatic carbocycles. The maximum absolute atomic E-state index is 5.88. The van der Waals surface area contributed by atoms with Gasteiger partial charge in [0.25, 0.3) is 0 Å². The van der Waals surface area contributed by atoms with E-state index < -0.39 is 0 Å². The van der Waals surface area contributed by atoms with Crippen LogP contribution in [0.5, 0.6) is 0 Å². The minimum atomic E-state index is 0.728. The maximum Gasteiger partial charge on any atom is 0.209 e. The molecule has 0 saturated heterocycles. The predicted octanol–water partition coefficient (Wildman–Crippen LogP) is 5.21. The van der Waals surface area contributed by atoms with Crippen LogP contribution < -0.4 is 0 Å². The van der Waals surface area contributed by atoms with Crippen LogP contribution >= 0.6 is 22.9 Å². The first-order chi connectivity index (χ1) is 9.81. The Morgan fingerprint density at radius 3 is 2.50 bits per heavy atom. The van der Waals surface area contributed by atoms with Crippen molar-refractivity contribution in [3.63, 3.8) is 0 Å². The van der Waals surface area contributed by atoms with Crippen molar-refractivity contribution in [2.75, 3.05) is 0 Å². The van der Waals surface area contributed by atoms with E-state index in [-0.39, 0.29) is 0 Å². The van der Waals surface area contributed by atoms with Gasteiger partial charge in [0.15, 0.2) is 0 Å². The van der Waals surface area contributed by atoms with Crippen molar-refractivity contribution in [2.45, 2.75) is 0 Å². The van der Waals surface area contributed by atoms with E-state index in [1.165, 1.54) is 11.3 Å². The average Bonchev–Trinajstić information content (AvgIpc) is 2.96. The molecule has 0 radical (unpaired) electrons. The fourth-order valence-electron chi connectivity index (χ4n) is 1.75. The van der Waals surface area contributed by atoms with E-state index in [0.717, 1.165) is 27.0 Å². The average molecular weight is 299 g/mol. The normalized spacial score (nSPS) is 11.1. The predicted molar refractivity (Wildman–Crippen MR) is 86.3 cm³/mol. The van der Waals surface area contributed by atoms with Gasteiger partial charge in [0.2, 0.25) is 5.13 Å². The highest BCUT2D eigenvalue weighted by Gasteiger charge is 2.03. The van der Waals surface area contributed by atoms with Crippen LogP contribution in [-0.2, 0) is 0 Å². The number of halogens is 1. The molecule has 20 heavy (non-hydrogen) atoms. The van der Waals surface area contributed by atoms with E-state index in [2.05, 4.69) is 9.98 Å². The fourth-order valence-corrected chi connectivity index (χ4v) is 2.54. The standard InChI is InChI=1S/C16H11ClN2S/c17-14-8-6-13(7-9-14)15-11-20-16(19-15)18-10-12-4-2-1-3-5-12/h1-11H. The van der Waals surface area contributed by atoms with E-state index >= 15 is 0 Å². The highest BCUT2D eigenvalue weighted by Crippen LogP contribution is 2.27. The Hall–Kier alpha value is -1.97. The van der Waals surface area contributed by atoms with Crippen LogP contribution in [0, 0.1) is 0 Å². The second kappa shape index (κ2) is 5.99. The Kier molecular flexibility index (Phi) is 3.90. The Labute approximate surface area is 126 Å². The molecule has 1 aromatic heterocycles. The third-order valence-electron chi connectivity index (χ3n) is 2.76. The first kappa shape index (κ1) is 13.0. The Bertz CT molecular complexity index is 718. The van der Waals surface area contributed by atoms with Crippen LogP contribution in [0.15, 0.2) is 65.0 Å². The molecule has 0 N–H and O–H groups in total. The van der Waals surface area contributed by atoms with Gasteiger partial charge < -0.3 is 0 Å². The summed E-state index contributed by atoms with van der Waals surface area (Å²) in [6.07, 6.45) is 1.82. The molecule has 0 bridgehead atoms. The largest absolute Gasteiger partial charge is 0.227 e. The van der Waals surface area contributed by atoms with Crippen LogP contribution in [0.2, 0.25) is 5.02 Å². The molecular formula is C16H11ClN2S. The molecule has 0 unspecified atom stereocenters. The number of aliphatic imine (C=N–C) groups is 1. The molecule has 0 saturated carbocycles. The Morgan fingerprint density at radius 2 is 1.75 bits per heavy atom. The van der Waals surface area contributed by atoms with Crippen molar-refractivity contribution in [3.8, 4) is 11.3 Å². The molecule has 1 heterocycles. The molecule has 3 aromatic rings. The fraction of sp³-hybridized carbons (Fsp3) is 0. The van der Waals surface area contributed by atoms with E-state index in [1.54, 1.807) is 0 Å². The molecule has 0 aliphatic rings. The van der Waals surface area contributed by atoms with Gasteiger partial charge in [0.05, 0.1) is 5.69 Å². The lowest BCUT2D eigenvalue weighted by Gasteiger charge is -1.95. The third-order valence-corrected chi connectivity index (χ3v) is 3.76. The van der Waals surface area contributed by atoms with Gasteiger partial charge in [-0.2, -0.15) is 0 Å². The molecule has 2 nitrogen and oxygen atoms in total. The van der Waals surface area contributed by atoms with E-state index in [4.69, 9.17) is 11.6 Å². The Morgan fingerprint density at radius 1 is 1.00 bits per heavy atom. The molecule has 0 amide bonds. The molecule has 3 rings (SSSR count). The molecule has 0 atom stereocenters. The summed E-state index contributed by atoms with van der Waals surface area (Å²) in [6.45, 7) is 0. The number of hydrogen-bond acceptors (Lipinski definition) is 3. The summed E-state index contributed by atoms with van der Waals surface area (Å²) in [4.78, 5) is 8.90. The quantitative estimate of drug-likeness (QED) is 0.609. The van der Waals surface area contributed by atoms with Crippen LogP contribution in [0.4, 0.5) is 5.13 Å². The lowest BCUT2D eigenvalue weighted by atomic mass is 10.2. The topological polar surface area (TPSA) is 25.2 Å². The van der Waals surface area contributed by atoms with Crippen LogP contribution in [0.25, 0.3) is 11.3 Å². The number of benzene rings is 2. The lowest BCUT2D eigenvalue weighted by Crippen LogP contribution is -1.78. The summed E-state index contributed by atoms with van der Waals surface area (Å²) in [5, 5.41) is 3.48. The van der Waals surface area contributed by atoms with Crippen LogP contribution in [0.1, 0.15) is 5.56 Å². The smallest absolute Gasteiger partial charge is 0.209 e. The summed E-state index contributed by atoms with van der Waals surface area (Å²) in [5.41, 5.74) is 3.04. The first-order valence-corrected chi connectivity index (χ1v) is 7.37. The highest BCUT2D eigenvalue weighted by molar-refractivity contribution is 7.13. The van der Waals surface area contributed by atoms with Crippen LogP contribution in [-0.4, -0.2) is 11.2 Å². The summed E-state index contributed by atoms with van der Waals surface area (Å²) >= 11 is 7.41. The third kappa shape index (κ3) is 3.13. The van der Waals surface area contributed by atoms with Crippen molar-refractivity contribution >= 4 is 34.3 Å². The van der Waals surface area contributed by atoms with Crippen molar-refractivity contribution in [2.24, 2.45) is 4.99 Å². The van der Waals surface area contributed by atoms with Crippen molar-refractivity contribution in [1.82, 2.24) is 4.98 Å². The molecule has 4 heteroatoms. The summed E-state index contributed by atoms with van der Waals surface area (Å²) in [6, 6.07) is 17.6. The summed E-state index contributed by atoms with van der Waals surface area (Å²) in [5.74, 6) is 0. The second-order valence-electron chi connectivity index (χ2n) is 4.19. The van der Waals surface area contributed by atoms with Gasteiger partial charge in [-0.3, -0.25) is 0 Å². The van der Waals surface area contributed by atoms with Gasteiger partial charge in [-0.05, 0) is 17.7 Å². The second-order valence-corrected chi connectivity index (χ2v) is 5.46. The Balaban J connectivity index is 1.80. The minimum absolute atomic E-state index is 0.728. The van der Waals surface area contributed by atoms with Gasteiger partial charge in [-0.1, -0.05) is 54.1 Å². The summed E-state index contributed by atoms with van der Waals surface area (Å²) < 4.78 is 0. The highest BCUT2D eigenvalue weighted by atomic mass is 35.5. The number of rotatable bonds is 3. The number of thiazole rings is 1. The van der Waals surface area contributed by atoms with Crippen molar-refractivity contribution in [3.05, 3.63) is 70.6 Å². The van der Waals surface area contributed by atoms with Gasteiger partial charge in [0.1, 0.15) is 0 Å².